The Bertz CT molecular complexity index is 882. The van der Waals surface area contributed by atoms with E-state index < -0.39 is 0 Å². The maximum atomic E-state index is 12.0. The highest BCUT2D eigenvalue weighted by Crippen LogP contribution is 2.14. The van der Waals surface area contributed by atoms with E-state index in [1.54, 1.807) is 17.5 Å². The average Bonchev–Trinajstić information content (AvgIpc) is 3.19. The molecule has 8 heteroatoms. The summed E-state index contributed by atoms with van der Waals surface area (Å²) in [7, 11) is 0. The van der Waals surface area contributed by atoms with E-state index in [0.717, 1.165) is 23.6 Å². The quantitative estimate of drug-likeness (QED) is 0.551. The van der Waals surface area contributed by atoms with Crippen molar-refractivity contribution in [3.05, 3.63) is 71.2 Å². The Hall–Kier alpha value is -2.84. The summed E-state index contributed by atoms with van der Waals surface area (Å²) < 4.78 is 3.68. The zero-order valence-corrected chi connectivity index (χ0v) is 16.3. The van der Waals surface area contributed by atoms with Gasteiger partial charge in [0, 0.05) is 22.8 Å². The van der Waals surface area contributed by atoms with Gasteiger partial charge in [-0.15, -0.1) is 5.10 Å². The smallest absolute Gasteiger partial charge is 0.277 e. The number of hydrogen-bond donors (Lipinski definition) is 3. The molecule has 0 saturated carbocycles. The van der Waals surface area contributed by atoms with Gasteiger partial charge in [0.2, 0.25) is 0 Å². The van der Waals surface area contributed by atoms with Crippen LogP contribution < -0.4 is 16.0 Å². The lowest BCUT2D eigenvalue weighted by Crippen LogP contribution is -2.37. The molecule has 0 aliphatic rings. The number of nitrogens with zero attached hydrogens (tertiary/aromatic N) is 2. The second kappa shape index (κ2) is 9.20. The van der Waals surface area contributed by atoms with Crippen LogP contribution in [-0.2, 0) is 6.42 Å². The Kier molecular flexibility index (Phi) is 6.45. The zero-order valence-electron chi connectivity index (χ0n) is 14.7. The lowest BCUT2D eigenvalue weighted by molar-refractivity contribution is 0.102. The number of rotatable bonds is 6. The highest BCUT2D eigenvalue weighted by Gasteiger charge is 2.09. The van der Waals surface area contributed by atoms with Crippen LogP contribution in [0.4, 0.5) is 11.4 Å². The Morgan fingerprint density at radius 1 is 1.07 bits per heavy atom. The third-order valence-corrected chi connectivity index (χ3v) is 4.48. The minimum absolute atomic E-state index is 0.206. The van der Waals surface area contributed by atoms with Crippen LogP contribution in [0.2, 0.25) is 0 Å². The van der Waals surface area contributed by atoms with Crippen molar-refractivity contribution >= 4 is 46.1 Å². The fraction of sp³-hybridized carbons (Fsp3) is 0.158. The molecule has 3 rings (SSSR count). The van der Waals surface area contributed by atoms with Crippen LogP contribution in [0.25, 0.3) is 0 Å². The summed E-state index contributed by atoms with van der Waals surface area (Å²) >= 11 is 6.52. The number of aromatic nitrogens is 2. The lowest BCUT2D eigenvalue weighted by Gasteiger charge is -2.17. The van der Waals surface area contributed by atoms with E-state index in [-0.39, 0.29) is 11.9 Å². The van der Waals surface area contributed by atoms with Gasteiger partial charge in [-0.1, -0.05) is 34.8 Å². The predicted molar refractivity (Wildman–Crippen MR) is 113 cm³/mol. The van der Waals surface area contributed by atoms with Crippen molar-refractivity contribution in [1.82, 2.24) is 14.9 Å². The summed E-state index contributed by atoms with van der Waals surface area (Å²) in [6.45, 7) is 2.09. The van der Waals surface area contributed by atoms with Crippen molar-refractivity contribution in [1.29, 1.82) is 0 Å². The first-order valence-corrected chi connectivity index (χ1v) is 9.64. The minimum Gasteiger partial charge on any atom is -0.360 e. The van der Waals surface area contributed by atoms with Crippen LogP contribution in [0.5, 0.6) is 0 Å². The van der Waals surface area contributed by atoms with E-state index in [1.807, 2.05) is 30.3 Å². The van der Waals surface area contributed by atoms with Gasteiger partial charge < -0.3 is 16.0 Å². The van der Waals surface area contributed by atoms with E-state index in [1.165, 1.54) is 5.56 Å². The molecule has 1 heterocycles. The normalized spacial score (nSPS) is 11.4. The first-order chi connectivity index (χ1) is 13.1. The van der Waals surface area contributed by atoms with Gasteiger partial charge in [0.15, 0.2) is 10.8 Å². The highest BCUT2D eigenvalue weighted by molar-refractivity contribution is 7.80. The minimum atomic E-state index is -0.281. The Morgan fingerprint density at radius 2 is 1.74 bits per heavy atom. The monoisotopic (exact) mass is 397 g/mol. The molecular formula is C19H19N5OS2. The second-order valence-electron chi connectivity index (χ2n) is 6.01. The summed E-state index contributed by atoms with van der Waals surface area (Å²) in [5.41, 5.74) is 3.08. The van der Waals surface area contributed by atoms with Crippen molar-refractivity contribution in [2.75, 3.05) is 10.6 Å². The molecule has 1 unspecified atom stereocenters. The molecule has 0 spiro atoms. The molecule has 3 N–H and O–H groups in total. The number of nitrogens with one attached hydrogen (secondary N) is 3. The first-order valence-electron chi connectivity index (χ1n) is 8.40. The average molecular weight is 398 g/mol. The molecule has 0 fully saturated rings. The summed E-state index contributed by atoms with van der Waals surface area (Å²) in [6, 6.07) is 17.8. The van der Waals surface area contributed by atoms with Gasteiger partial charge in [-0.05, 0) is 66.9 Å². The largest absolute Gasteiger partial charge is 0.360 e. The van der Waals surface area contributed by atoms with Crippen LogP contribution in [0.3, 0.4) is 0 Å². The third kappa shape index (κ3) is 5.83. The number of anilines is 2. The highest BCUT2D eigenvalue weighted by atomic mass is 32.1. The topological polar surface area (TPSA) is 78.9 Å². The van der Waals surface area contributed by atoms with Crippen molar-refractivity contribution in [2.24, 2.45) is 0 Å². The fourth-order valence-corrected chi connectivity index (χ4v) is 3.26. The number of amides is 1. The van der Waals surface area contributed by atoms with Gasteiger partial charge in [-0.3, -0.25) is 4.79 Å². The number of carbonyl (C=O) groups is 1. The maximum Gasteiger partial charge on any atom is 0.277 e. The summed E-state index contributed by atoms with van der Waals surface area (Å²) in [5.74, 6) is -0.281. The Morgan fingerprint density at radius 3 is 2.37 bits per heavy atom. The second-order valence-corrected chi connectivity index (χ2v) is 7.03. The standard InChI is InChI=1S/C19H19N5OS2/c1-13(11-14-5-3-2-4-6-14)20-19(26)22-16-9-7-15(8-10-16)21-18(25)17-12-27-24-23-17/h2-10,12-13H,11H2,1H3,(H,21,25)(H2,20,22,26). The fourth-order valence-electron chi connectivity index (χ4n) is 2.51. The summed E-state index contributed by atoms with van der Waals surface area (Å²) in [5, 5.41) is 15.1. The lowest BCUT2D eigenvalue weighted by atomic mass is 10.1. The predicted octanol–water partition coefficient (Wildman–Crippen LogP) is 3.71. The molecule has 1 atom stereocenters. The van der Waals surface area contributed by atoms with E-state index in [2.05, 4.69) is 44.6 Å². The van der Waals surface area contributed by atoms with Gasteiger partial charge in [0.25, 0.3) is 5.91 Å². The first kappa shape index (κ1) is 18.9. The molecule has 27 heavy (non-hydrogen) atoms. The molecule has 0 bridgehead atoms. The molecule has 0 aliphatic heterocycles. The van der Waals surface area contributed by atoms with Crippen LogP contribution in [0.15, 0.2) is 60.0 Å². The van der Waals surface area contributed by atoms with E-state index in [0.29, 0.717) is 16.5 Å². The third-order valence-electron chi connectivity index (χ3n) is 3.76. The molecule has 0 aliphatic carbocycles. The summed E-state index contributed by atoms with van der Waals surface area (Å²) in [4.78, 5) is 12.0. The summed E-state index contributed by atoms with van der Waals surface area (Å²) in [6.07, 6.45) is 0.888. The molecule has 0 radical (unpaired) electrons. The van der Waals surface area contributed by atoms with Crippen molar-refractivity contribution in [3.63, 3.8) is 0 Å². The van der Waals surface area contributed by atoms with Gasteiger partial charge >= 0.3 is 0 Å². The van der Waals surface area contributed by atoms with Crippen molar-refractivity contribution < 1.29 is 4.79 Å². The Balaban J connectivity index is 1.48. The molecule has 6 nitrogen and oxygen atoms in total. The van der Waals surface area contributed by atoms with E-state index in [9.17, 15) is 4.79 Å². The van der Waals surface area contributed by atoms with Gasteiger partial charge in [0.05, 0.1) is 0 Å². The molecule has 3 aromatic rings. The van der Waals surface area contributed by atoms with Crippen LogP contribution in [0.1, 0.15) is 23.0 Å². The zero-order chi connectivity index (χ0) is 19.1. The number of carbonyl (C=O) groups excluding carboxylic acids is 1. The molecule has 2 aromatic carbocycles. The van der Waals surface area contributed by atoms with Crippen molar-refractivity contribution in [2.45, 2.75) is 19.4 Å². The molecule has 1 amide bonds. The Labute approximate surface area is 167 Å². The van der Waals surface area contributed by atoms with E-state index in [4.69, 9.17) is 12.2 Å². The molecule has 138 valence electrons. The van der Waals surface area contributed by atoms with Gasteiger partial charge in [0.1, 0.15) is 0 Å². The van der Waals surface area contributed by atoms with Gasteiger partial charge in [-0.2, -0.15) is 0 Å². The number of thiocarbonyl (C=S) groups is 1. The van der Waals surface area contributed by atoms with Crippen LogP contribution >= 0.6 is 23.8 Å². The molecular weight excluding hydrogens is 378 g/mol. The van der Waals surface area contributed by atoms with Crippen LogP contribution in [0, 0.1) is 0 Å². The van der Waals surface area contributed by atoms with Crippen molar-refractivity contribution in [3.8, 4) is 0 Å². The molecule has 1 aromatic heterocycles. The van der Waals surface area contributed by atoms with Crippen LogP contribution in [-0.4, -0.2) is 26.6 Å². The number of benzene rings is 2. The SMILES string of the molecule is CC(Cc1ccccc1)NC(=S)Nc1ccc(NC(=O)c2csnn2)cc1. The number of hydrogen-bond acceptors (Lipinski definition) is 5. The maximum absolute atomic E-state index is 12.0. The molecule has 0 saturated heterocycles. The van der Waals surface area contributed by atoms with E-state index >= 15 is 0 Å². The van der Waals surface area contributed by atoms with Gasteiger partial charge in [-0.25, -0.2) is 0 Å².